The molecule has 1 aliphatic rings. The van der Waals surface area contributed by atoms with E-state index in [-0.39, 0.29) is 18.3 Å². The van der Waals surface area contributed by atoms with Crippen molar-refractivity contribution in [1.82, 2.24) is 14.8 Å². The maximum atomic E-state index is 13.5. The number of carbonyl (C=O) groups excluding carboxylic acids is 1. The quantitative estimate of drug-likeness (QED) is 0.267. The third-order valence-corrected chi connectivity index (χ3v) is 7.70. The molecule has 3 aromatic carbocycles. The van der Waals surface area contributed by atoms with Crippen molar-refractivity contribution in [2.75, 3.05) is 10.7 Å². The number of para-hydroxylation sites is 3. The van der Waals surface area contributed by atoms with Gasteiger partial charge < -0.3 is 9.30 Å². The molecule has 0 atom stereocenters. The first kappa shape index (κ1) is 22.8. The highest BCUT2D eigenvalue weighted by atomic mass is 35.5. The van der Waals surface area contributed by atoms with Crippen LogP contribution in [0.2, 0.25) is 5.02 Å². The number of nitrogens with zero attached hydrogens (tertiary/aromatic N) is 4. The Morgan fingerprint density at radius 1 is 0.971 bits per heavy atom. The summed E-state index contributed by atoms with van der Waals surface area (Å²) in [5, 5.41) is 9.83. The number of thioether (sulfide) groups is 1. The number of benzene rings is 3. The molecule has 0 N–H and O–H groups in total. The first-order chi connectivity index (χ1) is 16.7. The molecular weight excluding hydrogens is 488 g/mol. The summed E-state index contributed by atoms with van der Waals surface area (Å²) in [6, 6.07) is 23.3. The lowest BCUT2D eigenvalue weighted by Crippen LogP contribution is -2.30. The zero-order valence-corrected chi connectivity index (χ0v) is 20.7. The standard InChI is InChI=1S/C25H21ClN4O2S2/c1-2-29-23(15-32-20-12-6-3-9-17(20)26)27-28-25(29)33-16-24(31)30-18-10-4-7-13-21(18)34-22-14-8-5-11-19(22)30/h3-14H,2,15-16H2,1H3. The van der Waals surface area contributed by atoms with Gasteiger partial charge in [-0.2, -0.15) is 0 Å². The Balaban J connectivity index is 1.32. The summed E-state index contributed by atoms with van der Waals surface area (Å²) in [4.78, 5) is 17.4. The highest BCUT2D eigenvalue weighted by Gasteiger charge is 2.28. The molecule has 172 valence electrons. The predicted octanol–water partition coefficient (Wildman–Crippen LogP) is 6.45. The van der Waals surface area contributed by atoms with Gasteiger partial charge in [-0.3, -0.25) is 9.69 Å². The Labute approximate surface area is 211 Å². The number of hydrogen-bond donors (Lipinski definition) is 0. The topological polar surface area (TPSA) is 60.2 Å². The number of anilines is 2. The SMILES string of the molecule is CCn1c(COc2ccccc2Cl)nnc1SCC(=O)N1c2ccccc2Sc2ccccc21. The summed E-state index contributed by atoms with van der Waals surface area (Å²) < 4.78 is 7.80. The van der Waals surface area contributed by atoms with E-state index in [2.05, 4.69) is 10.2 Å². The van der Waals surface area contributed by atoms with Gasteiger partial charge in [0, 0.05) is 16.3 Å². The Morgan fingerprint density at radius 2 is 1.62 bits per heavy atom. The molecule has 0 aliphatic carbocycles. The van der Waals surface area contributed by atoms with Gasteiger partial charge >= 0.3 is 0 Å². The van der Waals surface area contributed by atoms with E-state index >= 15 is 0 Å². The van der Waals surface area contributed by atoms with E-state index in [1.54, 1.807) is 17.8 Å². The predicted molar refractivity (Wildman–Crippen MR) is 136 cm³/mol. The van der Waals surface area contributed by atoms with Crippen LogP contribution in [0.3, 0.4) is 0 Å². The molecule has 1 aliphatic heterocycles. The Morgan fingerprint density at radius 3 is 2.29 bits per heavy atom. The van der Waals surface area contributed by atoms with Crippen LogP contribution in [0.15, 0.2) is 87.7 Å². The minimum absolute atomic E-state index is 0.00952. The van der Waals surface area contributed by atoms with Crippen LogP contribution < -0.4 is 9.64 Å². The Hall–Kier alpha value is -2.94. The number of carbonyl (C=O) groups is 1. The highest BCUT2D eigenvalue weighted by molar-refractivity contribution is 8.00. The molecule has 1 aromatic heterocycles. The van der Waals surface area contributed by atoms with Gasteiger partial charge in [-0.25, -0.2) is 0 Å². The van der Waals surface area contributed by atoms with Crippen molar-refractivity contribution in [3.63, 3.8) is 0 Å². The zero-order chi connectivity index (χ0) is 23.5. The van der Waals surface area contributed by atoms with E-state index in [0.29, 0.717) is 28.3 Å². The number of aromatic nitrogens is 3. The van der Waals surface area contributed by atoms with Crippen LogP contribution in [0.5, 0.6) is 5.75 Å². The summed E-state index contributed by atoms with van der Waals surface area (Å²) in [7, 11) is 0. The number of halogens is 1. The molecule has 5 rings (SSSR count). The van der Waals surface area contributed by atoms with Gasteiger partial charge in [0.25, 0.3) is 0 Å². The summed E-state index contributed by atoms with van der Waals surface area (Å²) in [6.07, 6.45) is 0. The van der Waals surface area contributed by atoms with Crippen LogP contribution in [0, 0.1) is 0 Å². The van der Waals surface area contributed by atoms with Gasteiger partial charge in [0.2, 0.25) is 5.91 Å². The van der Waals surface area contributed by atoms with Crippen LogP contribution in [0.4, 0.5) is 11.4 Å². The van der Waals surface area contributed by atoms with Crippen LogP contribution in [0.25, 0.3) is 0 Å². The maximum absolute atomic E-state index is 13.5. The van der Waals surface area contributed by atoms with Gasteiger partial charge in [0.15, 0.2) is 11.0 Å². The van der Waals surface area contributed by atoms with Crippen LogP contribution in [-0.4, -0.2) is 26.4 Å². The second-order valence-corrected chi connectivity index (χ2v) is 9.85. The third-order valence-electron chi connectivity index (χ3n) is 5.31. The van der Waals surface area contributed by atoms with Gasteiger partial charge in [-0.15, -0.1) is 10.2 Å². The monoisotopic (exact) mass is 508 g/mol. The fraction of sp³-hybridized carbons (Fsp3) is 0.160. The lowest BCUT2D eigenvalue weighted by molar-refractivity contribution is -0.115. The number of hydrogen-bond acceptors (Lipinski definition) is 6. The lowest BCUT2D eigenvalue weighted by Gasteiger charge is -2.30. The van der Waals surface area contributed by atoms with Gasteiger partial charge in [-0.05, 0) is 43.3 Å². The highest BCUT2D eigenvalue weighted by Crippen LogP contribution is 2.48. The van der Waals surface area contributed by atoms with Crippen molar-refractivity contribution in [2.45, 2.75) is 35.0 Å². The van der Waals surface area contributed by atoms with Crippen LogP contribution in [0.1, 0.15) is 12.7 Å². The number of ether oxygens (including phenoxy) is 1. The molecule has 0 unspecified atom stereocenters. The number of fused-ring (bicyclic) bond motifs is 2. The molecule has 4 aromatic rings. The summed E-state index contributed by atoms with van der Waals surface area (Å²) in [5.41, 5.74) is 1.81. The normalized spacial score (nSPS) is 12.2. The molecule has 9 heteroatoms. The fourth-order valence-corrected chi connectivity index (χ4v) is 5.84. The van der Waals surface area contributed by atoms with Crippen molar-refractivity contribution in [3.05, 3.63) is 83.6 Å². The molecule has 34 heavy (non-hydrogen) atoms. The van der Waals surface area contributed by atoms with E-state index in [9.17, 15) is 4.79 Å². The molecule has 0 radical (unpaired) electrons. The smallest absolute Gasteiger partial charge is 0.242 e. The first-order valence-electron chi connectivity index (χ1n) is 10.8. The van der Waals surface area contributed by atoms with Crippen molar-refractivity contribution >= 4 is 52.4 Å². The summed E-state index contributed by atoms with van der Waals surface area (Å²) in [5.74, 6) is 1.50. The average Bonchev–Trinajstić information content (AvgIpc) is 3.27. The van der Waals surface area contributed by atoms with Gasteiger partial charge in [0.1, 0.15) is 12.4 Å². The Bertz CT molecular complexity index is 1300. The second kappa shape index (κ2) is 10.1. The first-order valence-corrected chi connectivity index (χ1v) is 12.9. The van der Waals surface area contributed by atoms with Crippen LogP contribution in [-0.2, 0) is 17.9 Å². The molecule has 0 spiro atoms. The molecule has 0 saturated heterocycles. The van der Waals surface area contributed by atoms with Crippen molar-refractivity contribution in [3.8, 4) is 5.75 Å². The number of amides is 1. The molecule has 0 fully saturated rings. The van der Waals surface area contributed by atoms with Gasteiger partial charge in [0.05, 0.1) is 22.2 Å². The minimum Gasteiger partial charge on any atom is -0.484 e. The zero-order valence-electron chi connectivity index (χ0n) is 18.3. The summed E-state index contributed by atoms with van der Waals surface area (Å²) in [6.45, 7) is 2.92. The van der Waals surface area contributed by atoms with E-state index in [1.807, 2.05) is 83.1 Å². The van der Waals surface area contributed by atoms with E-state index in [4.69, 9.17) is 16.3 Å². The molecule has 0 saturated carbocycles. The molecule has 1 amide bonds. The van der Waals surface area contributed by atoms with E-state index in [1.165, 1.54) is 11.8 Å². The molecule has 0 bridgehead atoms. The maximum Gasteiger partial charge on any atom is 0.242 e. The molecule has 6 nitrogen and oxygen atoms in total. The van der Waals surface area contributed by atoms with Crippen molar-refractivity contribution in [1.29, 1.82) is 0 Å². The fourth-order valence-electron chi connectivity index (χ4n) is 3.72. The Kier molecular flexibility index (Phi) is 6.80. The van der Waals surface area contributed by atoms with Crippen molar-refractivity contribution in [2.24, 2.45) is 0 Å². The average molecular weight is 509 g/mol. The van der Waals surface area contributed by atoms with Crippen LogP contribution >= 0.6 is 35.1 Å². The van der Waals surface area contributed by atoms with Crippen molar-refractivity contribution < 1.29 is 9.53 Å². The minimum atomic E-state index is -0.00952. The van der Waals surface area contributed by atoms with E-state index < -0.39 is 0 Å². The third kappa shape index (κ3) is 4.53. The van der Waals surface area contributed by atoms with E-state index in [0.717, 1.165) is 21.2 Å². The summed E-state index contributed by atoms with van der Waals surface area (Å²) >= 11 is 9.24. The second-order valence-electron chi connectivity index (χ2n) is 7.42. The largest absolute Gasteiger partial charge is 0.484 e. The number of rotatable bonds is 7. The molecular formula is C25H21ClN4O2S2. The molecule has 2 heterocycles. The lowest BCUT2D eigenvalue weighted by atomic mass is 10.2. The van der Waals surface area contributed by atoms with Gasteiger partial charge in [-0.1, -0.05) is 71.5 Å².